The molecule has 0 spiro atoms. The first-order valence-electron chi connectivity index (χ1n) is 10.7. The van der Waals surface area contributed by atoms with Gasteiger partial charge in [-0.2, -0.15) is 0 Å². The van der Waals surface area contributed by atoms with Crippen LogP contribution in [0, 0.1) is 5.92 Å². The van der Waals surface area contributed by atoms with Crippen molar-refractivity contribution in [2.45, 2.75) is 65.8 Å². The van der Waals surface area contributed by atoms with Crippen molar-refractivity contribution in [3.63, 3.8) is 0 Å². The molecule has 0 atom stereocenters. The summed E-state index contributed by atoms with van der Waals surface area (Å²) < 4.78 is 1.76. The van der Waals surface area contributed by atoms with E-state index >= 15 is 0 Å². The Morgan fingerprint density at radius 1 is 1.14 bits per heavy atom. The fourth-order valence-electron chi connectivity index (χ4n) is 3.61. The lowest BCUT2D eigenvalue weighted by atomic mass is 9.97. The zero-order valence-electron chi connectivity index (χ0n) is 18.5. The van der Waals surface area contributed by atoms with Crippen LogP contribution in [0.4, 0.5) is 0 Å². The molecule has 0 aromatic carbocycles. The van der Waals surface area contributed by atoms with Gasteiger partial charge in [0.25, 0.3) is 11.8 Å². The van der Waals surface area contributed by atoms with Gasteiger partial charge in [-0.3, -0.25) is 14.4 Å². The fourth-order valence-corrected chi connectivity index (χ4v) is 3.61. The van der Waals surface area contributed by atoms with E-state index in [0.717, 1.165) is 19.3 Å². The lowest BCUT2D eigenvalue weighted by molar-refractivity contribution is 0.0777. The number of nitrogens with one attached hydrogen (secondary N) is 1. The molecule has 1 heterocycles. The van der Waals surface area contributed by atoms with Gasteiger partial charge in [-0.25, -0.2) is 0 Å². The van der Waals surface area contributed by atoms with Gasteiger partial charge in [0.15, 0.2) is 0 Å². The van der Waals surface area contributed by atoms with Gasteiger partial charge in [0.05, 0.1) is 0 Å². The first-order valence-corrected chi connectivity index (χ1v) is 10.7. The van der Waals surface area contributed by atoms with Gasteiger partial charge < -0.3 is 14.8 Å². The average molecular weight is 402 g/mol. The summed E-state index contributed by atoms with van der Waals surface area (Å²) >= 11 is 0. The molecule has 0 fully saturated rings. The number of amides is 2. The number of hydrogen-bond donors (Lipinski definition) is 1. The Labute approximate surface area is 174 Å². The highest BCUT2D eigenvalue weighted by Crippen LogP contribution is 2.19. The molecule has 1 aliphatic rings. The molecule has 2 amide bonds. The number of allylic oxidation sites excluding steroid dienone is 1. The van der Waals surface area contributed by atoms with Crippen molar-refractivity contribution in [2.24, 2.45) is 5.92 Å². The van der Waals surface area contributed by atoms with Crippen molar-refractivity contribution in [1.29, 1.82) is 0 Å². The molecule has 0 saturated heterocycles. The second-order valence-electron chi connectivity index (χ2n) is 8.65. The van der Waals surface area contributed by atoms with E-state index in [1.54, 1.807) is 28.9 Å². The number of rotatable bonds is 8. The highest BCUT2D eigenvalue weighted by Gasteiger charge is 2.22. The van der Waals surface area contributed by atoms with E-state index in [9.17, 15) is 14.4 Å². The van der Waals surface area contributed by atoms with E-state index in [2.05, 4.69) is 11.4 Å². The van der Waals surface area contributed by atoms with Crippen LogP contribution >= 0.6 is 0 Å². The second-order valence-corrected chi connectivity index (χ2v) is 8.65. The molecule has 1 aliphatic carbocycles. The van der Waals surface area contributed by atoms with Gasteiger partial charge in [-0.15, -0.1) is 0 Å². The Kier molecular flexibility index (Phi) is 8.23. The minimum absolute atomic E-state index is 0.0245. The molecule has 0 unspecified atom stereocenters. The third kappa shape index (κ3) is 6.31. The standard InChI is InChI=1S/C23H35N3O3/c1-16(2)13-25(5)23(29)20-15-26(17(3)4)14-19(21(20)27)22(28)24-12-11-18-9-7-6-8-10-18/h9,14-17H,6-8,10-13H2,1-5H3,(H,24,28). The highest BCUT2D eigenvalue weighted by molar-refractivity contribution is 5.99. The van der Waals surface area contributed by atoms with Crippen LogP contribution in [0.5, 0.6) is 0 Å². The number of hydrogen-bond acceptors (Lipinski definition) is 3. The number of pyridine rings is 1. The number of carbonyl (C=O) groups is 2. The lowest BCUT2D eigenvalue weighted by Crippen LogP contribution is -2.37. The van der Waals surface area contributed by atoms with Gasteiger partial charge in [-0.05, 0) is 51.9 Å². The number of nitrogens with zero attached hydrogens (tertiary/aromatic N) is 2. The Morgan fingerprint density at radius 3 is 2.41 bits per heavy atom. The molecule has 0 bridgehead atoms. The maximum atomic E-state index is 12.9. The summed E-state index contributed by atoms with van der Waals surface area (Å²) in [5, 5.41) is 2.86. The number of carbonyl (C=O) groups excluding carboxylic acids is 2. The summed E-state index contributed by atoms with van der Waals surface area (Å²) in [5.41, 5.74) is 0.942. The van der Waals surface area contributed by atoms with Gasteiger partial charge in [0.2, 0.25) is 5.43 Å². The van der Waals surface area contributed by atoms with E-state index in [4.69, 9.17) is 0 Å². The Bertz CT molecular complexity index is 821. The van der Waals surface area contributed by atoms with Crippen LogP contribution in [0.15, 0.2) is 28.8 Å². The SMILES string of the molecule is CC(C)CN(C)C(=O)c1cn(C(C)C)cc(C(=O)NCCC2=CCCCC2)c1=O. The van der Waals surface area contributed by atoms with E-state index in [1.807, 2.05) is 27.7 Å². The molecule has 1 aromatic rings. The third-order valence-electron chi connectivity index (χ3n) is 5.22. The molecule has 0 saturated carbocycles. The predicted octanol–water partition coefficient (Wildman–Crippen LogP) is 3.78. The smallest absolute Gasteiger partial charge is 0.259 e. The van der Waals surface area contributed by atoms with Crippen molar-refractivity contribution < 1.29 is 9.59 Å². The van der Waals surface area contributed by atoms with Gasteiger partial charge in [0.1, 0.15) is 11.1 Å². The summed E-state index contributed by atoms with van der Waals surface area (Å²) in [4.78, 5) is 40.1. The van der Waals surface area contributed by atoms with Crippen molar-refractivity contribution in [3.05, 3.63) is 45.4 Å². The molecular formula is C23H35N3O3. The van der Waals surface area contributed by atoms with Gasteiger partial charge in [0, 0.05) is 38.6 Å². The second kappa shape index (κ2) is 10.4. The van der Waals surface area contributed by atoms with Crippen LogP contribution in [0.25, 0.3) is 0 Å². The molecule has 1 aromatic heterocycles. The van der Waals surface area contributed by atoms with Crippen molar-refractivity contribution in [2.75, 3.05) is 20.1 Å². The minimum Gasteiger partial charge on any atom is -0.352 e. The van der Waals surface area contributed by atoms with Crippen LogP contribution in [0.2, 0.25) is 0 Å². The van der Waals surface area contributed by atoms with Gasteiger partial charge >= 0.3 is 0 Å². The van der Waals surface area contributed by atoms with Crippen LogP contribution in [0.3, 0.4) is 0 Å². The first-order chi connectivity index (χ1) is 13.7. The third-order valence-corrected chi connectivity index (χ3v) is 5.22. The first kappa shape index (κ1) is 22.9. The number of aromatic nitrogens is 1. The average Bonchev–Trinajstić information content (AvgIpc) is 2.67. The maximum absolute atomic E-state index is 12.9. The summed E-state index contributed by atoms with van der Waals surface area (Å²) in [6.45, 7) is 8.98. The molecule has 0 radical (unpaired) electrons. The zero-order valence-corrected chi connectivity index (χ0v) is 18.5. The highest BCUT2D eigenvalue weighted by atomic mass is 16.2. The molecule has 160 valence electrons. The lowest BCUT2D eigenvalue weighted by Gasteiger charge is -2.21. The Hall–Kier alpha value is -2.37. The molecule has 0 aliphatic heterocycles. The molecule has 1 N–H and O–H groups in total. The zero-order chi connectivity index (χ0) is 21.6. The summed E-state index contributed by atoms with van der Waals surface area (Å²) in [7, 11) is 1.69. The summed E-state index contributed by atoms with van der Waals surface area (Å²) in [6.07, 6.45) is 10.8. The van der Waals surface area contributed by atoms with E-state index in [-0.39, 0.29) is 29.0 Å². The van der Waals surface area contributed by atoms with Crippen molar-refractivity contribution in [3.8, 4) is 0 Å². The normalized spacial score (nSPS) is 14.1. The van der Waals surface area contributed by atoms with Crippen molar-refractivity contribution in [1.82, 2.24) is 14.8 Å². The van der Waals surface area contributed by atoms with Crippen LogP contribution in [-0.4, -0.2) is 41.4 Å². The fraction of sp³-hybridized carbons (Fsp3) is 0.609. The Morgan fingerprint density at radius 2 is 1.83 bits per heavy atom. The minimum atomic E-state index is -0.503. The molecule has 29 heavy (non-hydrogen) atoms. The molecule has 2 rings (SSSR count). The summed E-state index contributed by atoms with van der Waals surface area (Å²) in [6, 6.07) is 0.0245. The topological polar surface area (TPSA) is 71.4 Å². The van der Waals surface area contributed by atoms with Crippen LogP contribution < -0.4 is 10.7 Å². The molecule has 6 nitrogen and oxygen atoms in total. The van der Waals surface area contributed by atoms with E-state index in [0.29, 0.717) is 13.1 Å². The molecular weight excluding hydrogens is 366 g/mol. The monoisotopic (exact) mass is 401 g/mol. The van der Waals surface area contributed by atoms with Crippen LogP contribution in [0.1, 0.15) is 86.6 Å². The van der Waals surface area contributed by atoms with E-state index in [1.165, 1.54) is 18.4 Å². The predicted molar refractivity (Wildman–Crippen MR) is 116 cm³/mol. The van der Waals surface area contributed by atoms with Crippen molar-refractivity contribution >= 4 is 11.8 Å². The Balaban J connectivity index is 2.22. The largest absolute Gasteiger partial charge is 0.352 e. The molecule has 6 heteroatoms. The van der Waals surface area contributed by atoms with Crippen LogP contribution in [-0.2, 0) is 0 Å². The maximum Gasteiger partial charge on any atom is 0.259 e. The van der Waals surface area contributed by atoms with Gasteiger partial charge in [-0.1, -0.05) is 25.5 Å². The quantitative estimate of drug-likeness (QED) is 0.674. The summed E-state index contributed by atoms with van der Waals surface area (Å²) in [5.74, 6) is -0.473. The van der Waals surface area contributed by atoms with E-state index < -0.39 is 11.3 Å².